The van der Waals surface area contributed by atoms with Gasteiger partial charge in [-0.15, -0.1) is 0 Å². The van der Waals surface area contributed by atoms with E-state index in [1.165, 1.54) is 31.9 Å². The van der Waals surface area contributed by atoms with E-state index in [4.69, 9.17) is 0 Å². The summed E-state index contributed by atoms with van der Waals surface area (Å²) in [7, 11) is 0. The van der Waals surface area contributed by atoms with E-state index < -0.39 is 0 Å². The van der Waals surface area contributed by atoms with Crippen LogP contribution < -0.4 is 0 Å². The van der Waals surface area contributed by atoms with Crippen molar-refractivity contribution >= 4 is 0 Å². The number of halogens is 1. The summed E-state index contributed by atoms with van der Waals surface area (Å²) in [5.74, 6) is -0.340. The molecule has 2 unspecified atom stereocenters. The van der Waals surface area contributed by atoms with Gasteiger partial charge < -0.3 is 5.11 Å². The van der Waals surface area contributed by atoms with Crippen LogP contribution in [0.1, 0.15) is 31.7 Å². The van der Waals surface area contributed by atoms with Crippen molar-refractivity contribution in [2.24, 2.45) is 0 Å². The average Bonchev–Trinajstić information content (AvgIpc) is 2.38. The Hall–Kier alpha value is -1.13. The van der Waals surface area contributed by atoms with Crippen molar-refractivity contribution in [3.8, 4) is 5.75 Å². The maximum absolute atomic E-state index is 13.4. The second kappa shape index (κ2) is 5.70. The summed E-state index contributed by atoms with van der Waals surface area (Å²) in [5, 5.41) is 9.51. The summed E-state index contributed by atoms with van der Waals surface area (Å²) in [6.07, 6.45) is 3.92. The minimum absolute atomic E-state index is 0.0176. The molecule has 0 spiro atoms. The van der Waals surface area contributed by atoms with Crippen LogP contribution in [-0.2, 0) is 6.54 Å². The third-order valence-corrected chi connectivity index (χ3v) is 4.64. The Labute approximate surface area is 120 Å². The predicted octanol–water partition coefficient (Wildman–Crippen LogP) is 2.59. The lowest BCUT2D eigenvalue weighted by atomic mass is 9.96. The zero-order chi connectivity index (χ0) is 14.1. The van der Waals surface area contributed by atoms with E-state index in [9.17, 15) is 9.50 Å². The van der Waals surface area contributed by atoms with Gasteiger partial charge in [0.2, 0.25) is 0 Å². The maximum atomic E-state index is 13.4. The standard InChI is InChI=1S/C16H23FN2O/c1-12-9-18-5-3-2-4-15(18)11-19(12)10-13-6-14(17)8-16(20)7-13/h6-8,12,15,20H,2-5,9-11H2,1H3. The van der Waals surface area contributed by atoms with Crippen LogP contribution in [0.4, 0.5) is 4.39 Å². The molecule has 110 valence electrons. The maximum Gasteiger partial charge on any atom is 0.127 e. The largest absolute Gasteiger partial charge is 0.508 e. The lowest BCUT2D eigenvalue weighted by molar-refractivity contribution is 0.0110. The van der Waals surface area contributed by atoms with Crippen molar-refractivity contribution in [2.45, 2.75) is 44.8 Å². The highest BCUT2D eigenvalue weighted by Crippen LogP contribution is 2.26. The number of fused-ring (bicyclic) bond motifs is 1. The minimum Gasteiger partial charge on any atom is -0.508 e. The Morgan fingerprint density at radius 3 is 2.90 bits per heavy atom. The van der Waals surface area contributed by atoms with Crippen molar-refractivity contribution in [1.82, 2.24) is 9.80 Å². The van der Waals surface area contributed by atoms with E-state index >= 15 is 0 Å². The number of aromatic hydroxyl groups is 1. The average molecular weight is 278 g/mol. The summed E-state index contributed by atoms with van der Waals surface area (Å²) in [4.78, 5) is 5.02. The molecule has 4 heteroatoms. The molecule has 2 aliphatic rings. The van der Waals surface area contributed by atoms with Gasteiger partial charge in [-0.3, -0.25) is 9.80 Å². The number of hydrogen-bond acceptors (Lipinski definition) is 3. The van der Waals surface area contributed by atoms with Crippen molar-refractivity contribution < 1.29 is 9.50 Å². The molecule has 2 atom stereocenters. The molecule has 1 N–H and O–H groups in total. The van der Waals surface area contributed by atoms with Crippen LogP contribution in [0, 0.1) is 5.82 Å². The Morgan fingerprint density at radius 2 is 2.10 bits per heavy atom. The van der Waals surface area contributed by atoms with Crippen molar-refractivity contribution in [1.29, 1.82) is 0 Å². The van der Waals surface area contributed by atoms with Crippen LogP contribution in [0.2, 0.25) is 0 Å². The molecule has 0 aliphatic carbocycles. The van der Waals surface area contributed by atoms with Gasteiger partial charge in [0.25, 0.3) is 0 Å². The van der Waals surface area contributed by atoms with Crippen LogP contribution in [0.3, 0.4) is 0 Å². The number of piperazine rings is 1. The summed E-state index contributed by atoms with van der Waals surface area (Å²) >= 11 is 0. The molecule has 2 fully saturated rings. The summed E-state index contributed by atoms with van der Waals surface area (Å²) in [6, 6.07) is 5.49. The normalized spacial score (nSPS) is 28.3. The second-order valence-corrected chi connectivity index (χ2v) is 6.24. The summed E-state index contributed by atoms with van der Waals surface area (Å²) < 4.78 is 13.4. The van der Waals surface area contributed by atoms with Crippen LogP contribution in [0.15, 0.2) is 18.2 Å². The topological polar surface area (TPSA) is 26.7 Å². The first kappa shape index (κ1) is 13.8. The summed E-state index contributed by atoms with van der Waals surface area (Å²) in [6.45, 7) is 6.34. The van der Waals surface area contributed by atoms with E-state index in [0.717, 1.165) is 31.3 Å². The fraction of sp³-hybridized carbons (Fsp3) is 0.625. The fourth-order valence-corrected chi connectivity index (χ4v) is 3.59. The van der Waals surface area contributed by atoms with Crippen molar-refractivity contribution in [3.05, 3.63) is 29.6 Å². The molecule has 3 rings (SSSR count). The first-order valence-corrected chi connectivity index (χ1v) is 7.58. The second-order valence-electron chi connectivity index (χ2n) is 6.24. The smallest absolute Gasteiger partial charge is 0.127 e. The highest BCUT2D eigenvalue weighted by molar-refractivity contribution is 5.28. The van der Waals surface area contributed by atoms with Gasteiger partial charge in [-0.05, 0) is 44.0 Å². The molecule has 0 saturated carbocycles. The van der Waals surface area contributed by atoms with Crippen molar-refractivity contribution in [3.63, 3.8) is 0 Å². The van der Waals surface area contributed by atoms with Gasteiger partial charge in [-0.1, -0.05) is 6.42 Å². The van der Waals surface area contributed by atoms with E-state index in [0.29, 0.717) is 12.1 Å². The monoisotopic (exact) mass is 278 g/mol. The van der Waals surface area contributed by atoms with E-state index in [2.05, 4.69) is 16.7 Å². The SMILES string of the molecule is CC1CN2CCCCC2CN1Cc1cc(O)cc(F)c1. The van der Waals surface area contributed by atoms with Crippen LogP contribution in [0.5, 0.6) is 5.75 Å². The molecule has 0 amide bonds. The molecule has 3 nitrogen and oxygen atoms in total. The number of benzene rings is 1. The number of hydrogen-bond donors (Lipinski definition) is 1. The van der Waals surface area contributed by atoms with E-state index in [1.54, 1.807) is 6.07 Å². The van der Waals surface area contributed by atoms with Gasteiger partial charge in [-0.25, -0.2) is 4.39 Å². The molecule has 2 aliphatic heterocycles. The first-order chi connectivity index (χ1) is 9.61. The number of piperidine rings is 1. The molecular formula is C16H23FN2O. The van der Waals surface area contributed by atoms with Crippen LogP contribution in [0.25, 0.3) is 0 Å². The van der Waals surface area contributed by atoms with Gasteiger partial charge in [0.1, 0.15) is 11.6 Å². The molecule has 2 saturated heterocycles. The van der Waals surface area contributed by atoms with Crippen LogP contribution >= 0.6 is 0 Å². The Balaban J connectivity index is 1.70. The molecule has 0 bridgehead atoms. The van der Waals surface area contributed by atoms with E-state index in [-0.39, 0.29) is 11.6 Å². The van der Waals surface area contributed by atoms with Crippen LogP contribution in [-0.4, -0.2) is 46.6 Å². The van der Waals surface area contributed by atoms with Gasteiger partial charge in [0, 0.05) is 37.8 Å². The predicted molar refractivity (Wildman–Crippen MR) is 77.1 cm³/mol. The number of nitrogens with zero attached hydrogens (tertiary/aromatic N) is 2. The lowest BCUT2D eigenvalue weighted by Crippen LogP contribution is -2.58. The number of rotatable bonds is 2. The zero-order valence-corrected chi connectivity index (χ0v) is 12.1. The number of phenols is 1. The molecule has 0 aromatic heterocycles. The first-order valence-electron chi connectivity index (χ1n) is 7.58. The van der Waals surface area contributed by atoms with Crippen molar-refractivity contribution in [2.75, 3.05) is 19.6 Å². The Bertz CT molecular complexity index is 459. The molecule has 2 heterocycles. The molecule has 0 radical (unpaired) electrons. The highest BCUT2D eigenvalue weighted by Gasteiger charge is 2.32. The molecule has 20 heavy (non-hydrogen) atoms. The third kappa shape index (κ3) is 2.96. The number of phenolic OH excluding ortho intramolecular Hbond substituents is 1. The summed E-state index contributed by atoms with van der Waals surface area (Å²) in [5.41, 5.74) is 0.860. The molecule has 1 aromatic carbocycles. The van der Waals surface area contributed by atoms with Gasteiger partial charge in [0.05, 0.1) is 0 Å². The molecule has 1 aromatic rings. The minimum atomic E-state index is -0.357. The van der Waals surface area contributed by atoms with E-state index in [1.807, 2.05) is 0 Å². The Kier molecular flexibility index (Phi) is 3.94. The lowest BCUT2D eigenvalue weighted by Gasteiger charge is -2.47. The van der Waals surface area contributed by atoms with Gasteiger partial charge in [-0.2, -0.15) is 0 Å². The zero-order valence-electron chi connectivity index (χ0n) is 12.1. The third-order valence-electron chi connectivity index (χ3n) is 4.64. The Morgan fingerprint density at radius 1 is 1.25 bits per heavy atom. The quantitative estimate of drug-likeness (QED) is 0.901. The van der Waals surface area contributed by atoms with Gasteiger partial charge >= 0.3 is 0 Å². The fourth-order valence-electron chi connectivity index (χ4n) is 3.59. The molecular weight excluding hydrogens is 255 g/mol. The van der Waals surface area contributed by atoms with Gasteiger partial charge in [0.15, 0.2) is 0 Å². The highest BCUT2D eigenvalue weighted by atomic mass is 19.1.